The number of ether oxygens (including phenoxy) is 1. The van der Waals surface area contributed by atoms with Crippen LogP contribution < -0.4 is 16.6 Å². The highest BCUT2D eigenvalue weighted by Gasteiger charge is 2.38. The second kappa shape index (κ2) is 5.51. The third-order valence-electron chi connectivity index (χ3n) is 3.13. The van der Waals surface area contributed by atoms with Crippen molar-refractivity contribution in [2.24, 2.45) is 5.84 Å². The molecule has 1 aromatic heterocycles. The van der Waals surface area contributed by atoms with Gasteiger partial charge in [0.1, 0.15) is 18.2 Å². The SMILES string of the molecule is COCc1nc(NN)cc(NC2(C)CCS(=O)(=O)C2)n1. The summed E-state index contributed by atoms with van der Waals surface area (Å²) in [5, 5.41) is 3.16. The molecule has 9 heteroatoms. The number of hydrogen-bond donors (Lipinski definition) is 3. The summed E-state index contributed by atoms with van der Waals surface area (Å²) in [6.45, 7) is 2.12. The lowest BCUT2D eigenvalue weighted by Gasteiger charge is -2.25. The molecule has 4 N–H and O–H groups in total. The number of nitrogens with two attached hydrogens (primary N) is 1. The number of sulfone groups is 1. The van der Waals surface area contributed by atoms with E-state index in [2.05, 4.69) is 20.7 Å². The topological polar surface area (TPSA) is 119 Å². The predicted octanol–water partition coefficient (Wildman–Crippen LogP) is -0.102. The fraction of sp³-hybridized carbons (Fsp3) is 0.636. The average molecular weight is 301 g/mol. The van der Waals surface area contributed by atoms with Crippen molar-refractivity contribution < 1.29 is 13.2 Å². The van der Waals surface area contributed by atoms with Gasteiger partial charge in [-0.3, -0.25) is 0 Å². The molecular formula is C11H19N5O3S. The Hall–Kier alpha value is -1.45. The van der Waals surface area contributed by atoms with Crippen molar-refractivity contribution in [3.8, 4) is 0 Å². The van der Waals surface area contributed by atoms with Crippen LogP contribution in [0.2, 0.25) is 0 Å². The minimum atomic E-state index is -2.98. The van der Waals surface area contributed by atoms with Crippen LogP contribution >= 0.6 is 0 Å². The summed E-state index contributed by atoms with van der Waals surface area (Å²) in [5.74, 6) is 7.08. The van der Waals surface area contributed by atoms with Crippen LogP contribution in [0.1, 0.15) is 19.2 Å². The van der Waals surface area contributed by atoms with E-state index in [1.54, 1.807) is 13.2 Å². The van der Waals surface area contributed by atoms with Crippen LogP contribution in [0.25, 0.3) is 0 Å². The van der Waals surface area contributed by atoms with Gasteiger partial charge in [0.2, 0.25) is 0 Å². The summed E-state index contributed by atoms with van der Waals surface area (Å²) < 4.78 is 28.2. The molecule has 2 rings (SSSR count). The number of aromatic nitrogens is 2. The van der Waals surface area contributed by atoms with Crippen LogP contribution in [0.5, 0.6) is 0 Å². The van der Waals surface area contributed by atoms with Gasteiger partial charge in [-0.05, 0) is 13.3 Å². The van der Waals surface area contributed by atoms with E-state index >= 15 is 0 Å². The Labute approximate surface area is 118 Å². The Balaban J connectivity index is 2.22. The number of hydrazine groups is 1. The zero-order chi connectivity index (χ0) is 14.8. The third-order valence-corrected chi connectivity index (χ3v) is 5.03. The summed E-state index contributed by atoms with van der Waals surface area (Å²) in [4.78, 5) is 8.43. The second-order valence-corrected chi connectivity index (χ2v) is 7.34. The molecule has 1 aliphatic heterocycles. The Kier molecular flexibility index (Phi) is 4.11. The molecule has 0 amide bonds. The molecule has 0 radical (unpaired) electrons. The van der Waals surface area contributed by atoms with E-state index in [0.717, 1.165) is 0 Å². The molecule has 0 spiro atoms. The van der Waals surface area contributed by atoms with Crippen LogP contribution in [0.15, 0.2) is 6.07 Å². The summed E-state index contributed by atoms with van der Waals surface area (Å²) in [6.07, 6.45) is 0.546. The first-order valence-electron chi connectivity index (χ1n) is 6.18. The number of methoxy groups -OCH3 is 1. The Morgan fingerprint density at radius 2 is 2.15 bits per heavy atom. The largest absolute Gasteiger partial charge is 0.377 e. The minimum absolute atomic E-state index is 0.0923. The number of nitrogens with zero attached hydrogens (tertiary/aromatic N) is 2. The molecular weight excluding hydrogens is 282 g/mol. The van der Waals surface area contributed by atoms with Crippen molar-refractivity contribution in [3.05, 3.63) is 11.9 Å². The van der Waals surface area contributed by atoms with Crippen LogP contribution in [-0.4, -0.2) is 42.5 Å². The van der Waals surface area contributed by atoms with Crippen LogP contribution in [-0.2, 0) is 21.2 Å². The normalized spacial score (nSPS) is 24.6. The molecule has 1 aliphatic rings. The van der Waals surface area contributed by atoms with Crippen LogP contribution in [0.3, 0.4) is 0 Å². The minimum Gasteiger partial charge on any atom is -0.377 e. The van der Waals surface area contributed by atoms with Crippen molar-refractivity contribution in [1.29, 1.82) is 0 Å². The predicted molar refractivity (Wildman–Crippen MR) is 75.9 cm³/mol. The molecule has 8 nitrogen and oxygen atoms in total. The molecule has 1 aromatic rings. The fourth-order valence-corrected chi connectivity index (χ4v) is 4.34. The quantitative estimate of drug-likeness (QED) is 0.509. The number of hydrogen-bond acceptors (Lipinski definition) is 8. The van der Waals surface area contributed by atoms with Crippen molar-refractivity contribution in [2.75, 3.05) is 29.4 Å². The number of anilines is 2. The number of nitrogen functional groups attached to an aromatic ring is 1. The molecule has 1 saturated heterocycles. The van der Waals surface area contributed by atoms with E-state index in [1.807, 2.05) is 6.92 Å². The lowest BCUT2D eigenvalue weighted by molar-refractivity contribution is 0.178. The molecule has 112 valence electrons. The smallest absolute Gasteiger partial charge is 0.158 e. The van der Waals surface area contributed by atoms with Gasteiger partial charge >= 0.3 is 0 Å². The van der Waals surface area contributed by atoms with Gasteiger partial charge in [-0.25, -0.2) is 24.2 Å². The van der Waals surface area contributed by atoms with E-state index in [4.69, 9.17) is 10.6 Å². The zero-order valence-corrected chi connectivity index (χ0v) is 12.3. The highest BCUT2D eigenvalue weighted by atomic mass is 32.2. The molecule has 0 aromatic carbocycles. The van der Waals surface area contributed by atoms with Crippen molar-refractivity contribution in [1.82, 2.24) is 9.97 Å². The summed E-state index contributed by atoms with van der Waals surface area (Å²) >= 11 is 0. The maximum atomic E-state index is 11.6. The van der Waals surface area contributed by atoms with E-state index in [0.29, 0.717) is 23.9 Å². The van der Waals surface area contributed by atoms with Gasteiger partial charge in [-0.2, -0.15) is 0 Å². The van der Waals surface area contributed by atoms with Crippen molar-refractivity contribution in [3.63, 3.8) is 0 Å². The summed E-state index contributed by atoms with van der Waals surface area (Å²) in [6, 6.07) is 1.63. The summed E-state index contributed by atoms with van der Waals surface area (Å²) in [7, 11) is -1.44. The molecule has 20 heavy (non-hydrogen) atoms. The lowest BCUT2D eigenvalue weighted by atomic mass is 10.0. The number of rotatable bonds is 5. The van der Waals surface area contributed by atoms with E-state index in [1.165, 1.54) is 0 Å². The molecule has 1 atom stereocenters. The van der Waals surface area contributed by atoms with E-state index in [9.17, 15) is 8.42 Å². The first-order valence-corrected chi connectivity index (χ1v) is 8.00. The molecule has 0 bridgehead atoms. The van der Waals surface area contributed by atoms with Gasteiger partial charge in [-0.1, -0.05) is 0 Å². The Morgan fingerprint density at radius 1 is 1.45 bits per heavy atom. The van der Waals surface area contributed by atoms with Crippen LogP contribution in [0.4, 0.5) is 11.6 Å². The van der Waals surface area contributed by atoms with Crippen molar-refractivity contribution in [2.45, 2.75) is 25.5 Å². The first kappa shape index (κ1) is 14.9. The summed E-state index contributed by atoms with van der Waals surface area (Å²) in [5.41, 5.74) is 1.93. The standard InChI is InChI=1S/C11H19N5O3S/c1-11(3-4-20(17,18)7-11)15-8-5-9(16-12)14-10(13-8)6-19-2/h5H,3-4,6-7,12H2,1-2H3,(H2,13,14,15,16). The highest BCUT2D eigenvalue weighted by molar-refractivity contribution is 7.91. The van der Waals surface area contributed by atoms with Gasteiger partial charge in [0.25, 0.3) is 0 Å². The molecule has 0 aliphatic carbocycles. The zero-order valence-electron chi connectivity index (χ0n) is 11.5. The monoisotopic (exact) mass is 301 g/mol. The van der Waals surface area contributed by atoms with Gasteiger partial charge < -0.3 is 15.5 Å². The van der Waals surface area contributed by atoms with E-state index in [-0.39, 0.29) is 18.1 Å². The van der Waals surface area contributed by atoms with Gasteiger partial charge in [0.05, 0.1) is 17.0 Å². The van der Waals surface area contributed by atoms with Gasteiger partial charge in [0.15, 0.2) is 15.7 Å². The Morgan fingerprint density at radius 3 is 2.70 bits per heavy atom. The molecule has 2 heterocycles. The maximum Gasteiger partial charge on any atom is 0.158 e. The molecule has 0 saturated carbocycles. The fourth-order valence-electron chi connectivity index (χ4n) is 2.25. The highest BCUT2D eigenvalue weighted by Crippen LogP contribution is 2.27. The van der Waals surface area contributed by atoms with Gasteiger partial charge in [-0.15, -0.1) is 0 Å². The third kappa shape index (κ3) is 3.56. The van der Waals surface area contributed by atoms with Crippen LogP contribution in [0, 0.1) is 0 Å². The lowest BCUT2D eigenvalue weighted by Crippen LogP contribution is -2.36. The number of nitrogens with one attached hydrogen (secondary N) is 2. The second-order valence-electron chi connectivity index (χ2n) is 5.16. The molecule has 1 unspecified atom stereocenters. The Bertz CT molecular complexity index is 592. The molecule has 1 fully saturated rings. The van der Waals surface area contributed by atoms with Crippen molar-refractivity contribution >= 4 is 21.5 Å². The van der Waals surface area contributed by atoms with E-state index < -0.39 is 15.4 Å². The maximum absolute atomic E-state index is 11.6. The first-order chi connectivity index (χ1) is 9.36. The average Bonchev–Trinajstić information content (AvgIpc) is 2.63. The van der Waals surface area contributed by atoms with Gasteiger partial charge in [0, 0.05) is 13.2 Å².